The van der Waals surface area contributed by atoms with Crippen LogP contribution in [0.15, 0.2) is 30.7 Å². The molecule has 6 heteroatoms. The molecule has 2 aromatic rings. The van der Waals surface area contributed by atoms with Gasteiger partial charge in [-0.1, -0.05) is 17.7 Å². The molecular formula is C15H17ClFN3O. The van der Waals surface area contributed by atoms with Crippen LogP contribution in [0.4, 0.5) is 4.39 Å². The lowest BCUT2D eigenvalue weighted by Crippen LogP contribution is -2.38. The lowest BCUT2D eigenvalue weighted by atomic mass is 10.1. The Morgan fingerprint density at radius 3 is 3.05 bits per heavy atom. The van der Waals surface area contributed by atoms with Crippen LogP contribution in [0.3, 0.4) is 0 Å². The van der Waals surface area contributed by atoms with E-state index in [0.717, 1.165) is 30.9 Å². The molecule has 0 amide bonds. The molecule has 3 rings (SSSR count). The average Bonchev–Trinajstić information content (AvgIpc) is 2.84. The second-order valence-corrected chi connectivity index (χ2v) is 5.66. The SMILES string of the molecule is Cn1cncc1CN1CCO[C@H](c2ccc(F)cc2Cl)C1. The fraction of sp³-hybridized carbons (Fsp3) is 0.400. The number of hydrogen-bond donors (Lipinski definition) is 0. The second kappa shape index (κ2) is 6.13. The summed E-state index contributed by atoms with van der Waals surface area (Å²) in [4.78, 5) is 6.43. The van der Waals surface area contributed by atoms with Gasteiger partial charge in [-0.2, -0.15) is 0 Å². The van der Waals surface area contributed by atoms with E-state index in [1.807, 2.05) is 17.8 Å². The normalized spacial score (nSPS) is 19.9. The van der Waals surface area contributed by atoms with E-state index in [1.54, 1.807) is 12.4 Å². The molecule has 0 aliphatic carbocycles. The molecule has 112 valence electrons. The van der Waals surface area contributed by atoms with Gasteiger partial charge in [0.2, 0.25) is 0 Å². The Bertz CT molecular complexity index is 631. The van der Waals surface area contributed by atoms with E-state index in [0.29, 0.717) is 11.6 Å². The summed E-state index contributed by atoms with van der Waals surface area (Å²) in [6.07, 6.45) is 3.54. The quantitative estimate of drug-likeness (QED) is 0.873. The van der Waals surface area contributed by atoms with Crippen LogP contribution in [0.25, 0.3) is 0 Å². The maximum Gasteiger partial charge on any atom is 0.124 e. The van der Waals surface area contributed by atoms with Crippen LogP contribution in [0.2, 0.25) is 5.02 Å². The monoisotopic (exact) mass is 309 g/mol. The Balaban J connectivity index is 1.72. The van der Waals surface area contributed by atoms with Crippen molar-refractivity contribution in [3.63, 3.8) is 0 Å². The van der Waals surface area contributed by atoms with Crippen molar-refractivity contribution >= 4 is 11.6 Å². The number of aryl methyl sites for hydroxylation is 1. The average molecular weight is 310 g/mol. The standard InChI is InChI=1S/C15H17ClFN3O/c1-19-10-18-7-12(19)8-20-4-5-21-15(9-20)13-3-2-11(17)6-14(13)16/h2-3,6-7,10,15H,4-5,8-9H2,1H3/t15-/m0/s1. The van der Waals surface area contributed by atoms with Crippen molar-refractivity contribution in [2.24, 2.45) is 7.05 Å². The van der Waals surface area contributed by atoms with Gasteiger partial charge in [0.25, 0.3) is 0 Å². The van der Waals surface area contributed by atoms with E-state index in [-0.39, 0.29) is 11.9 Å². The molecule has 1 fully saturated rings. The summed E-state index contributed by atoms with van der Waals surface area (Å²) in [6.45, 7) is 3.04. The summed E-state index contributed by atoms with van der Waals surface area (Å²) in [6, 6.07) is 4.46. The maximum absolute atomic E-state index is 13.1. The Morgan fingerprint density at radius 2 is 2.33 bits per heavy atom. The lowest BCUT2D eigenvalue weighted by Gasteiger charge is -2.33. The summed E-state index contributed by atoms with van der Waals surface area (Å²) in [5.74, 6) is -0.327. The highest BCUT2D eigenvalue weighted by molar-refractivity contribution is 6.31. The first-order valence-corrected chi connectivity index (χ1v) is 7.25. The molecule has 1 aliphatic heterocycles. The maximum atomic E-state index is 13.1. The van der Waals surface area contributed by atoms with Crippen LogP contribution in [-0.4, -0.2) is 34.1 Å². The zero-order valence-corrected chi connectivity index (χ0v) is 12.6. The van der Waals surface area contributed by atoms with Gasteiger partial charge >= 0.3 is 0 Å². The van der Waals surface area contributed by atoms with Gasteiger partial charge in [0.15, 0.2) is 0 Å². The van der Waals surface area contributed by atoms with Crippen molar-refractivity contribution in [3.8, 4) is 0 Å². The van der Waals surface area contributed by atoms with E-state index in [1.165, 1.54) is 12.1 Å². The van der Waals surface area contributed by atoms with Crippen molar-refractivity contribution in [2.75, 3.05) is 19.7 Å². The summed E-state index contributed by atoms with van der Waals surface area (Å²) >= 11 is 6.13. The number of imidazole rings is 1. The van der Waals surface area contributed by atoms with Crippen LogP contribution in [0, 0.1) is 5.82 Å². The highest BCUT2D eigenvalue weighted by Crippen LogP contribution is 2.29. The van der Waals surface area contributed by atoms with Crippen molar-refractivity contribution in [2.45, 2.75) is 12.6 Å². The van der Waals surface area contributed by atoms with E-state index in [4.69, 9.17) is 16.3 Å². The van der Waals surface area contributed by atoms with Gasteiger partial charge in [0.05, 0.1) is 24.7 Å². The minimum Gasteiger partial charge on any atom is -0.371 e. The van der Waals surface area contributed by atoms with Crippen LogP contribution in [0.5, 0.6) is 0 Å². The molecule has 1 atom stereocenters. The van der Waals surface area contributed by atoms with Crippen LogP contribution in [-0.2, 0) is 18.3 Å². The van der Waals surface area contributed by atoms with Gasteiger partial charge in [-0.15, -0.1) is 0 Å². The predicted octanol–water partition coefficient (Wildman–Crippen LogP) is 2.79. The fourth-order valence-corrected chi connectivity index (χ4v) is 2.85. The lowest BCUT2D eigenvalue weighted by molar-refractivity contribution is -0.0334. The Kier molecular flexibility index (Phi) is 4.24. The summed E-state index contributed by atoms with van der Waals surface area (Å²) in [7, 11) is 1.98. The summed E-state index contributed by atoms with van der Waals surface area (Å²) in [5, 5.41) is 0.419. The van der Waals surface area contributed by atoms with Gasteiger partial charge < -0.3 is 9.30 Å². The van der Waals surface area contributed by atoms with E-state index < -0.39 is 0 Å². The largest absolute Gasteiger partial charge is 0.371 e. The molecule has 0 radical (unpaired) electrons. The molecule has 0 unspecified atom stereocenters. The number of nitrogens with zero attached hydrogens (tertiary/aromatic N) is 3. The molecule has 0 bridgehead atoms. The first kappa shape index (κ1) is 14.5. The minimum absolute atomic E-state index is 0.125. The number of morpholine rings is 1. The topological polar surface area (TPSA) is 30.3 Å². The third kappa shape index (κ3) is 3.26. The Hall–Kier alpha value is -1.43. The first-order valence-electron chi connectivity index (χ1n) is 6.87. The highest BCUT2D eigenvalue weighted by Gasteiger charge is 2.24. The third-order valence-corrected chi connectivity index (χ3v) is 4.09. The third-order valence-electron chi connectivity index (χ3n) is 3.76. The fourth-order valence-electron chi connectivity index (χ4n) is 2.56. The zero-order valence-electron chi connectivity index (χ0n) is 11.8. The minimum atomic E-state index is -0.327. The van der Waals surface area contributed by atoms with E-state index in [2.05, 4.69) is 9.88 Å². The summed E-state index contributed by atoms with van der Waals surface area (Å²) in [5.41, 5.74) is 1.99. The number of aromatic nitrogens is 2. The number of hydrogen-bond acceptors (Lipinski definition) is 3. The van der Waals surface area contributed by atoms with Gasteiger partial charge in [-0.25, -0.2) is 9.37 Å². The molecule has 2 heterocycles. The van der Waals surface area contributed by atoms with Gasteiger partial charge in [-0.05, 0) is 12.1 Å². The molecule has 21 heavy (non-hydrogen) atoms. The molecular weight excluding hydrogens is 293 g/mol. The van der Waals surface area contributed by atoms with Gasteiger partial charge in [0.1, 0.15) is 5.82 Å². The number of rotatable bonds is 3. The van der Waals surface area contributed by atoms with Crippen molar-refractivity contribution in [1.82, 2.24) is 14.5 Å². The Morgan fingerprint density at radius 1 is 1.48 bits per heavy atom. The van der Waals surface area contributed by atoms with Gasteiger partial charge in [0, 0.05) is 43.5 Å². The van der Waals surface area contributed by atoms with Crippen molar-refractivity contribution in [1.29, 1.82) is 0 Å². The van der Waals surface area contributed by atoms with Crippen molar-refractivity contribution in [3.05, 3.63) is 52.8 Å². The van der Waals surface area contributed by atoms with Crippen LogP contribution >= 0.6 is 11.6 Å². The van der Waals surface area contributed by atoms with Crippen LogP contribution < -0.4 is 0 Å². The highest BCUT2D eigenvalue weighted by atomic mass is 35.5. The summed E-state index contributed by atoms with van der Waals surface area (Å²) < 4.78 is 20.9. The molecule has 1 aromatic heterocycles. The number of ether oxygens (including phenoxy) is 1. The van der Waals surface area contributed by atoms with Crippen molar-refractivity contribution < 1.29 is 9.13 Å². The molecule has 1 saturated heterocycles. The molecule has 4 nitrogen and oxygen atoms in total. The number of benzene rings is 1. The predicted molar refractivity (Wildman–Crippen MR) is 78.6 cm³/mol. The second-order valence-electron chi connectivity index (χ2n) is 5.26. The van der Waals surface area contributed by atoms with E-state index >= 15 is 0 Å². The molecule has 1 aliphatic rings. The smallest absolute Gasteiger partial charge is 0.124 e. The molecule has 0 spiro atoms. The zero-order chi connectivity index (χ0) is 14.8. The molecule has 0 N–H and O–H groups in total. The van der Waals surface area contributed by atoms with Gasteiger partial charge in [-0.3, -0.25) is 4.90 Å². The Labute approximate surface area is 128 Å². The molecule has 0 saturated carbocycles. The van der Waals surface area contributed by atoms with Crippen LogP contribution in [0.1, 0.15) is 17.4 Å². The number of halogens is 2. The first-order chi connectivity index (χ1) is 10.1. The molecule has 1 aromatic carbocycles. The van der Waals surface area contributed by atoms with E-state index in [9.17, 15) is 4.39 Å².